The molecule has 0 heterocycles. The summed E-state index contributed by atoms with van der Waals surface area (Å²) >= 11 is 0. The standard InChI is InChI=1S/C14H21N3O4/c1-2-15-8-3-9-16-14(20)17-11-4-6-12(7-5-11)21-10-13(18)19/h4-7,15H,2-3,8-10H2,1H3,(H,18,19)(H2,16,17,20). The highest BCUT2D eigenvalue weighted by Crippen LogP contribution is 2.15. The summed E-state index contributed by atoms with van der Waals surface area (Å²) in [6.45, 7) is 4.02. The van der Waals surface area contributed by atoms with E-state index in [0.717, 1.165) is 19.5 Å². The van der Waals surface area contributed by atoms with Gasteiger partial charge in [0.05, 0.1) is 0 Å². The van der Waals surface area contributed by atoms with Crippen molar-refractivity contribution >= 4 is 17.7 Å². The Morgan fingerprint density at radius 3 is 2.52 bits per heavy atom. The zero-order chi connectivity index (χ0) is 15.5. The SMILES string of the molecule is CCNCCCNC(=O)Nc1ccc(OCC(=O)O)cc1. The number of aliphatic carboxylic acids is 1. The predicted molar refractivity (Wildman–Crippen MR) is 79.8 cm³/mol. The summed E-state index contributed by atoms with van der Waals surface area (Å²) in [5.41, 5.74) is 0.613. The maximum atomic E-state index is 11.6. The number of anilines is 1. The summed E-state index contributed by atoms with van der Waals surface area (Å²) in [5, 5.41) is 17.1. The van der Waals surface area contributed by atoms with E-state index in [0.29, 0.717) is 18.0 Å². The average Bonchev–Trinajstić information content (AvgIpc) is 2.46. The van der Waals surface area contributed by atoms with E-state index >= 15 is 0 Å². The topological polar surface area (TPSA) is 99.7 Å². The maximum absolute atomic E-state index is 11.6. The van der Waals surface area contributed by atoms with Crippen LogP contribution in [0.1, 0.15) is 13.3 Å². The summed E-state index contributed by atoms with van der Waals surface area (Å²) in [5.74, 6) is -0.594. The van der Waals surface area contributed by atoms with Gasteiger partial charge in [-0.05, 0) is 43.8 Å². The fourth-order valence-electron chi connectivity index (χ4n) is 1.55. The van der Waals surface area contributed by atoms with E-state index in [4.69, 9.17) is 9.84 Å². The van der Waals surface area contributed by atoms with Crippen LogP contribution in [0.25, 0.3) is 0 Å². The summed E-state index contributed by atoms with van der Waals surface area (Å²) in [6, 6.07) is 6.23. The van der Waals surface area contributed by atoms with Crippen molar-refractivity contribution < 1.29 is 19.4 Å². The van der Waals surface area contributed by atoms with Gasteiger partial charge < -0.3 is 25.8 Å². The molecular formula is C14H21N3O4. The molecule has 0 bridgehead atoms. The number of carbonyl (C=O) groups is 2. The first kappa shape index (κ1) is 16.8. The molecule has 0 aromatic heterocycles. The number of benzene rings is 1. The summed E-state index contributed by atoms with van der Waals surface area (Å²) in [4.78, 5) is 22.0. The largest absolute Gasteiger partial charge is 0.482 e. The van der Waals surface area contributed by atoms with Crippen molar-refractivity contribution in [1.29, 1.82) is 0 Å². The number of carboxylic acid groups (broad SMARTS) is 1. The number of rotatable bonds is 9. The van der Waals surface area contributed by atoms with Gasteiger partial charge in [-0.2, -0.15) is 0 Å². The molecule has 7 nitrogen and oxygen atoms in total. The van der Waals surface area contributed by atoms with Crippen LogP contribution in [0.15, 0.2) is 24.3 Å². The highest BCUT2D eigenvalue weighted by molar-refractivity contribution is 5.89. The van der Waals surface area contributed by atoms with Crippen molar-refractivity contribution in [3.05, 3.63) is 24.3 Å². The molecule has 0 aliphatic carbocycles. The van der Waals surface area contributed by atoms with Gasteiger partial charge >= 0.3 is 12.0 Å². The molecule has 7 heteroatoms. The molecule has 0 spiro atoms. The fraction of sp³-hybridized carbons (Fsp3) is 0.429. The lowest BCUT2D eigenvalue weighted by Gasteiger charge is -2.08. The zero-order valence-electron chi connectivity index (χ0n) is 12.0. The molecule has 0 saturated heterocycles. The number of urea groups is 1. The molecule has 0 aliphatic heterocycles. The molecule has 0 unspecified atom stereocenters. The Morgan fingerprint density at radius 1 is 1.19 bits per heavy atom. The van der Waals surface area contributed by atoms with E-state index in [-0.39, 0.29) is 12.6 Å². The van der Waals surface area contributed by atoms with Crippen molar-refractivity contribution in [2.45, 2.75) is 13.3 Å². The lowest BCUT2D eigenvalue weighted by molar-refractivity contribution is -0.139. The van der Waals surface area contributed by atoms with Crippen LogP contribution in [0.2, 0.25) is 0 Å². The highest BCUT2D eigenvalue weighted by atomic mass is 16.5. The van der Waals surface area contributed by atoms with Gasteiger partial charge in [-0.3, -0.25) is 0 Å². The second kappa shape index (κ2) is 9.60. The minimum absolute atomic E-state index is 0.272. The number of carboxylic acids is 1. The molecule has 0 aliphatic rings. The Labute approximate surface area is 123 Å². The third-order valence-corrected chi connectivity index (χ3v) is 2.54. The van der Waals surface area contributed by atoms with Gasteiger partial charge in [0, 0.05) is 12.2 Å². The second-order valence-corrected chi connectivity index (χ2v) is 4.29. The van der Waals surface area contributed by atoms with E-state index in [9.17, 15) is 9.59 Å². The smallest absolute Gasteiger partial charge is 0.341 e. The number of hydrogen-bond acceptors (Lipinski definition) is 4. The Balaban J connectivity index is 2.27. The van der Waals surface area contributed by atoms with Crippen molar-refractivity contribution in [3.63, 3.8) is 0 Å². The van der Waals surface area contributed by atoms with Gasteiger partial charge in [0.1, 0.15) is 5.75 Å². The first-order valence-electron chi connectivity index (χ1n) is 6.82. The first-order valence-corrected chi connectivity index (χ1v) is 6.82. The third-order valence-electron chi connectivity index (χ3n) is 2.54. The number of amides is 2. The van der Waals surface area contributed by atoms with Crippen LogP contribution >= 0.6 is 0 Å². The van der Waals surface area contributed by atoms with E-state index in [1.165, 1.54) is 0 Å². The Kier molecular flexibility index (Phi) is 7.67. The number of nitrogens with one attached hydrogen (secondary N) is 3. The molecule has 1 aromatic rings. The van der Waals surface area contributed by atoms with E-state index in [1.807, 2.05) is 6.92 Å². The number of carbonyl (C=O) groups excluding carboxylic acids is 1. The highest BCUT2D eigenvalue weighted by Gasteiger charge is 2.02. The molecular weight excluding hydrogens is 274 g/mol. The Hall–Kier alpha value is -2.28. The predicted octanol–water partition coefficient (Wildman–Crippen LogP) is 1.27. The van der Waals surface area contributed by atoms with Crippen LogP contribution in [0.3, 0.4) is 0 Å². The zero-order valence-corrected chi connectivity index (χ0v) is 12.0. The minimum atomic E-state index is -1.03. The van der Waals surface area contributed by atoms with Gasteiger partial charge in [-0.1, -0.05) is 6.92 Å². The lowest BCUT2D eigenvalue weighted by Crippen LogP contribution is -2.31. The number of hydrogen-bond donors (Lipinski definition) is 4. The van der Waals surface area contributed by atoms with Gasteiger partial charge in [0.15, 0.2) is 6.61 Å². The summed E-state index contributed by atoms with van der Waals surface area (Å²) in [7, 11) is 0. The van der Waals surface area contributed by atoms with E-state index in [1.54, 1.807) is 24.3 Å². The Morgan fingerprint density at radius 2 is 1.90 bits per heavy atom. The van der Waals surface area contributed by atoms with Gasteiger partial charge in [-0.15, -0.1) is 0 Å². The molecule has 0 fully saturated rings. The van der Waals surface area contributed by atoms with Crippen LogP contribution in [0.4, 0.5) is 10.5 Å². The van der Waals surface area contributed by atoms with E-state index in [2.05, 4.69) is 16.0 Å². The first-order chi connectivity index (χ1) is 10.1. The van der Waals surface area contributed by atoms with Crippen LogP contribution in [-0.4, -0.2) is 43.3 Å². The van der Waals surface area contributed by atoms with Gasteiger partial charge in [0.25, 0.3) is 0 Å². The summed E-state index contributed by atoms with van der Waals surface area (Å²) < 4.78 is 4.99. The average molecular weight is 295 g/mol. The van der Waals surface area contributed by atoms with Crippen LogP contribution in [-0.2, 0) is 4.79 Å². The molecule has 1 rings (SSSR count). The molecule has 116 valence electrons. The fourth-order valence-corrected chi connectivity index (χ4v) is 1.55. The quantitative estimate of drug-likeness (QED) is 0.514. The van der Waals surface area contributed by atoms with Gasteiger partial charge in [-0.25, -0.2) is 9.59 Å². The Bertz CT molecular complexity index is 448. The van der Waals surface area contributed by atoms with Crippen molar-refractivity contribution in [1.82, 2.24) is 10.6 Å². The summed E-state index contributed by atoms with van der Waals surface area (Å²) in [6.07, 6.45) is 0.864. The molecule has 2 amide bonds. The number of ether oxygens (including phenoxy) is 1. The molecule has 0 radical (unpaired) electrons. The van der Waals surface area contributed by atoms with E-state index < -0.39 is 5.97 Å². The molecule has 0 atom stereocenters. The van der Waals surface area contributed by atoms with Crippen molar-refractivity contribution in [3.8, 4) is 5.75 Å². The normalized spacial score (nSPS) is 9.95. The third kappa shape index (κ3) is 7.78. The lowest BCUT2D eigenvalue weighted by atomic mass is 10.3. The molecule has 4 N–H and O–H groups in total. The van der Waals surface area contributed by atoms with Crippen LogP contribution in [0, 0.1) is 0 Å². The molecule has 21 heavy (non-hydrogen) atoms. The molecule has 0 saturated carbocycles. The van der Waals surface area contributed by atoms with Crippen LogP contribution < -0.4 is 20.7 Å². The minimum Gasteiger partial charge on any atom is -0.482 e. The van der Waals surface area contributed by atoms with Crippen LogP contribution in [0.5, 0.6) is 5.75 Å². The monoisotopic (exact) mass is 295 g/mol. The molecule has 1 aromatic carbocycles. The van der Waals surface area contributed by atoms with Crippen molar-refractivity contribution in [2.24, 2.45) is 0 Å². The second-order valence-electron chi connectivity index (χ2n) is 4.29. The van der Waals surface area contributed by atoms with Gasteiger partial charge in [0.2, 0.25) is 0 Å². The van der Waals surface area contributed by atoms with Crippen molar-refractivity contribution in [2.75, 3.05) is 31.6 Å². The maximum Gasteiger partial charge on any atom is 0.341 e.